The fourth-order valence-electron chi connectivity index (χ4n) is 4.82. The molecule has 3 aromatic heterocycles. The predicted molar refractivity (Wildman–Crippen MR) is 149 cm³/mol. The Morgan fingerprint density at radius 1 is 1.03 bits per heavy atom. The van der Waals surface area contributed by atoms with Crippen LogP contribution in [0.3, 0.4) is 0 Å². The first kappa shape index (κ1) is 24.7. The van der Waals surface area contributed by atoms with E-state index in [-0.39, 0.29) is 17.7 Å². The zero-order valence-corrected chi connectivity index (χ0v) is 22.1. The molecule has 0 saturated carbocycles. The van der Waals surface area contributed by atoms with Gasteiger partial charge in [-0.05, 0) is 25.3 Å². The molecule has 2 aromatic carbocycles. The molecule has 1 aliphatic rings. The maximum atomic E-state index is 13.4. The first-order valence-corrected chi connectivity index (χ1v) is 13.6. The van der Waals surface area contributed by atoms with E-state index in [1.807, 2.05) is 65.6 Å². The van der Waals surface area contributed by atoms with Gasteiger partial charge in [-0.25, -0.2) is 4.98 Å². The van der Waals surface area contributed by atoms with Crippen molar-refractivity contribution in [3.05, 3.63) is 94.1 Å². The van der Waals surface area contributed by atoms with Crippen LogP contribution >= 0.6 is 11.3 Å². The second kappa shape index (κ2) is 10.7. The molecule has 1 fully saturated rings. The van der Waals surface area contributed by atoms with Crippen molar-refractivity contribution < 1.29 is 14.1 Å². The quantitative estimate of drug-likeness (QED) is 0.284. The van der Waals surface area contributed by atoms with E-state index in [1.165, 1.54) is 11.3 Å². The first-order chi connectivity index (χ1) is 19.1. The third-order valence-electron chi connectivity index (χ3n) is 6.91. The van der Waals surface area contributed by atoms with Gasteiger partial charge in [-0.1, -0.05) is 65.8 Å². The average molecular weight is 539 g/mol. The summed E-state index contributed by atoms with van der Waals surface area (Å²) in [5, 5.41) is 16.8. The number of hydrogen-bond donors (Lipinski definition) is 2. The largest absolute Gasteiger partial charge is 0.360 e. The van der Waals surface area contributed by atoms with Gasteiger partial charge in [0.25, 0.3) is 11.8 Å². The lowest BCUT2D eigenvalue weighted by atomic mass is 9.96. The van der Waals surface area contributed by atoms with Crippen LogP contribution in [-0.4, -0.2) is 50.1 Å². The lowest BCUT2D eigenvalue weighted by molar-refractivity contribution is 0.0711. The second-order valence-corrected chi connectivity index (χ2v) is 10.3. The molecule has 2 N–H and O–H groups in total. The minimum absolute atomic E-state index is 0.0702. The first-order valence-electron chi connectivity index (χ1n) is 12.8. The maximum Gasteiger partial charge on any atom is 0.276 e. The molecule has 0 radical (unpaired) electrons. The fourth-order valence-corrected chi connectivity index (χ4v) is 5.79. The number of rotatable bonds is 6. The SMILES string of the molecule is Cc1onc(-c2ccccc2)c1C(=O)N1CCC(c2nc(C(=O)Nc3cc(-c4ccccc4)[nH]n3)cs2)CC1. The van der Waals surface area contributed by atoms with Crippen molar-refractivity contribution in [1.82, 2.24) is 25.2 Å². The summed E-state index contributed by atoms with van der Waals surface area (Å²) in [5.74, 6) is 0.781. The van der Waals surface area contributed by atoms with E-state index in [1.54, 1.807) is 18.4 Å². The van der Waals surface area contributed by atoms with Crippen LogP contribution in [0.15, 0.2) is 76.6 Å². The summed E-state index contributed by atoms with van der Waals surface area (Å²) in [7, 11) is 0. The Bertz CT molecular complexity index is 1600. The van der Waals surface area contributed by atoms with E-state index in [9.17, 15) is 9.59 Å². The molecule has 39 heavy (non-hydrogen) atoms. The zero-order chi connectivity index (χ0) is 26.8. The number of aromatic nitrogens is 4. The predicted octanol–water partition coefficient (Wildman–Crippen LogP) is 5.77. The van der Waals surface area contributed by atoms with Gasteiger partial charge in [0.1, 0.15) is 22.7 Å². The molecule has 1 saturated heterocycles. The van der Waals surface area contributed by atoms with E-state index in [4.69, 9.17) is 4.52 Å². The molecule has 10 heteroatoms. The van der Waals surface area contributed by atoms with Crippen molar-refractivity contribution in [1.29, 1.82) is 0 Å². The summed E-state index contributed by atoms with van der Waals surface area (Å²) < 4.78 is 5.39. The summed E-state index contributed by atoms with van der Waals surface area (Å²) in [6.45, 7) is 2.96. The van der Waals surface area contributed by atoms with Gasteiger partial charge in [0.15, 0.2) is 5.82 Å². The summed E-state index contributed by atoms with van der Waals surface area (Å²) in [4.78, 5) is 32.7. The molecule has 0 bridgehead atoms. The van der Waals surface area contributed by atoms with E-state index in [0.717, 1.165) is 34.7 Å². The normalized spacial score (nSPS) is 13.9. The van der Waals surface area contributed by atoms with Gasteiger partial charge in [0.05, 0.1) is 10.7 Å². The van der Waals surface area contributed by atoms with Crippen molar-refractivity contribution in [3.63, 3.8) is 0 Å². The van der Waals surface area contributed by atoms with Crippen LogP contribution in [0.25, 0.3) is 22.5 Å². The molecule has 1 aliphatic heterocycles. The van der Waals surface area contributed by atoms with Gasteiger partial charge >= 0.3 is 0 Å². The van der Waals surface area contributed by atoms with E-state index in [0.29, 0.717) is 41.6 Å². The Labute approximate surface area is 228 Å². The molecule has 6 rings (SSSR count). The van der Waals surface area contributed by atoms with E-state index in [2.05, 4.69) is 25.7 Å². The zero-order valence-electron chi connectivity index (χ0n) is 21.3. The number of carbonyl (C=O) groups is 2. The van der Waals surface area contributed by atoms with Crippen LogP contribution in [0, 0.1) is 6.92 Å². The van der Waals surface area contributed by atoms with Crippen molar-refractivity contribution in [2.75, 3.05) is 18.4 Å². The number of likely N-dealkylation sites (tertiary alicyclic amines) is 1. The third-order valence-corrected chi connectivity index (χ3v) is 7.92. The van der Waals surface area contributed by atoms with Crippen LogP contribution in [0.2, 0.25) is 0 Å². The number of nitrogens with zero attached hydrogens (tertiary/aromatic N) is 4. The summed E-state index contributed by atoms with van der Waals surface area (Å²) in [6, 6.07) is 21.2. The highest BCUT2D eigenvalue weighted by Gasteiger charge is 2.31. The molecule has 0 aliphatic carbocycles. The number of thiazole rings is 1. The van der Waals surface area contributed by atoms with Crippen LogP contribution in [0.1, 0.15) is 50.4 Å². The van der Waals surface area contributed by atoms with Gasteiger partial charge in [0.2, 0.25) is 0 Å². The van der Waals surface area contributed by atoms with Crippen molar-refractivity contribution in [2.45, 2.75) is 25.7 Å². The van der Waals surface area contributed by atoms with Crippen LogP contribution in [0.4, 0.5) is 5.82 Å². The topological polar surface area (TPSA) is 117 Å². The van der Waals surface area contributed by atoms with Crippen molar-refractivity contribution in [3.8, 4) is 22.5 Å². The van der Waals surface area contributed by atoms with Gasteiger partial charge in [-0.15, -0.1) is 11.3 Å². The van der Waals surface area contributed by atoms with Crippen LogP contribution < -0.4 is 5.32 Å². The number of amides is 2. The number of nitrogens with one attached hydrogen (secondary N) is 2. The number of carbonyl (C=O) groups excluding carboxylic acids is 2. The Morgan fingerprint density at radius 3 is 2.44 bits per heavy atom. The highest BCUT2D eigenvalue weighted by molar-refractivity contribution is 7.10. The highest BCUT2D eigenvalue weighted by Crippen LogP contribution is 2.33. The molecule has 0 atom stereocenters. The fraction of sp³-hybridized carbons (Fsp3) is 0.207. The maximum absolute atomic E-state index is 13.4. The standard InChI is InChI=1S/C29H26N6O3S/c1-18-25(26(34-38-18)20-10-6-3-7-11-20)29(37)35-14-12-21(13-15-35)28-30-23(17-39-28)27(36)31-24-16-22(32-33-24)19-8-4-2-5-9-19/h2-11,16-17,21H,12-15H2,1H3,(H2,31,32,33,36). The van der Waals surface area contributed by atoms with Gasteiger partial charge < -0.3 is 14.7 Å². The Morgan fingerprint density at radius 2 is 1.72 bits per heavy atom. The Kier molecular flexibility index (Phi) is 6.76. The van der Waals surface area contributed by atoms with Gasteiger partial charge in [0, 0.05) is 36.0 Å². The molecule has 196 valence electrons. The Balaban J connectivity index is 1.08. The molecule has 0 spiro atoms. The number of benzene rings is 2. The van der Waals surface area contributed by atoms with Gasteiger partial charge in [-0.2, -0.15) is 5.10 Å². The van der Waals surface area contributed by atoms with Crippen molar-refractivity contribution in [2.24, 2.45) is 0 Å². The molecule has 4 heterocycles. The van der Waals surface area contributed by atoms with Crippen LogP contribution in [-0.2, 0) is 0 Å². The highest BCUT2D eigenvalue weighted by atomic mass is 32.1. The molecular formula is C29H26N6O3S. The number of aromatic amines is 1. The molecule has 2 amide bonds. The number of H-pyrrole nitrogens is 1. The Hall–Kier alpha value is -4.57. The van der Waals surface area contributed by atoms with E-state index < -0.39 is 0 Å². The number of piperidine rings is 1. The summed E-state index contributed by atoms with van der Waals surface area (Å²) >= 11 is 1.48. The summed E-state index contributed by atoms with van der Waals surface area (Å²) in [6.07, 6.45) is 1.54. The average Bonchev–Trinajstić information content (AvgIpc) is 3.74. The smallest absolute Gasteiger partial charge is 0.276 e. The van der Waals surface area contributed by atoms with Crippen LogP contribution in [0.5, 0.6) is 0 Å². The van der Waals surface area contributed by atoms with Gasteiger partial charge in [-0.3, -0.25) is 14.7 Å². The molecule has 0 unspecified atom stereocenters. The lowest BCUT2D eigenvalue weighted by Gasteiger charge is -2.31. The molecule has 5 aromatic rings. The molecule has 9 nitrogen and oxygen atoms in total. The number of hydrogen-bond acceptors (Lipinski definition) is 7. The minimum atomic E-state index is -0.299. The lowest BCUT2D eigenvalue weighted by Crippen LogP contribution is -2.38. The number of anilines is 1. The minimum Gasteiger partial charge on any atom is -0.360 e. The van der Waals surface area contributed by atoms with Crippen molar-refractivity contribution >= 4 is 29.0 Å². The second-order valence-electron chi connectivity index (χ2n) is 9.45. The third kappa shape index (κ3) is 5.10. The monoisotopic (exact) mass is 538 g/mol. The summed E-state index contributed by atoms with van der Waals surface area (Å²) in [5.41, 5.74) is 4.12. The van der Waals surface area contributed by atoms with E-state index >= 15 is 0 Å². The molecular weight excluding hydrogens is 512 g/mol. The number of aryl methyl sites for hydroxylation is 1.